The van der Waals surface area contributed by atoms with Crippen molar-refractivity contribution < 1.29 is 23.8 Å². The average Bonchev–Trinajstić information content (AvgIpc) is 2.62. The fraction of sp³-hybridized carbons (Fsp3) is 0.286. The molecule has 1 N–H and O–H groups in total. The topological polar surface area (TPSA) is 97.6 Å². The van der Waals surface area contributed by atoms with Crippen LogP contribution in [0.3, 0.4) is 0 Å². The third kappa shape index (κ3) is 6.02. The van der Waals surface area contributed by atoms with Gasteiger partial charge in [0.1, 0.15) is 5.60 Å². The maximum absolute atomic E-state index is 12.4. The van der Waals surface area contributed by atoms with Crippen molar-refractivity contribution >= 4 is 17.7 Å². The first-order chi connectivity index (χ1) is 13.2. The summed E-state index contributed by atoms with van der Waals surface area (Å²) in [6.07, 6.45) is -0.582. The summed E-state index contributed by atoms with van der Waals surface area (Å²) in [5.41, 5.74) is 0.578. The minimum Gasteiger partial charge on any atom is -0.490 e. The van der Waals surface area contributed by atoms with Gasteiger partial charge in [-0.1, -0.05) is 0 Å². The third-order valence-electron chi connectivity index (χ3n) is 3.34. The number of carbonyl (C=O) groups is 2. The average molecular weight is 382 g/mol. The van der Waals surface area contributed by atoms with E-state index in [1.54, 1.807) is 45.9 Å². The second kappa shape index (κ2) is 8.91. The smallest absolute Gasteiger partial charge is 0.412 e. The Kier molecular flexibility index (Phi) is 6.61. The number of hydrogen-bond donors (Lipinski definition) is 1. The zero-order valence-electron chi connectivity index (χ0n) is 16.2. The van der Waals surface area contributed by atoms with Crippen molar-refractivity contribution in [2.24, 2.45) is 0 Å². The van der Waals surface area contributed by atoms with Crippen molar-refractivity contribution in [2.45, 2.75) is 33.3 Å². The Labute approximate surface area is 163 Å². The van der Waals surface area contributed by atoms with Crippen molar-refractivity contribution in [2.75, 3.05) is 11.9 Å². The van der Waals surface area contributed by atoms with Crippen LogP contribution >= 0.6 is 0 Å². The van der Waals surface area contributed by atoms with Gasteiger partial charge in [-0.2, -0.15) is 5.26 Å². The fourth-order valence-electron chi connectivity index (χ4n) is 2.20. The number of nitrogens with one attached hydrogen (secondary N) is 1. The Bertz CT molecular complexity index is 892. The van der Waals surface area contributed by atoms with Gasteiger partial charge < -0.3 is 14.2 Å². The van der Waals surface area contributed by atoms with E-state index in [9.17, 15) is 9.59 Å². The Morgan fingerprint density at radius 2 is 1.75 bits per heavy atom. The number of esters is 1. The van der Waals surface area contributed by atoms with Crippen LogP contribution in [0.15, 0.2) is 42.5 Å². The molecule has 0 spiro atoms. The molecule has 1 amide bonds. The highest BCUT2D eigenvalue weighted by Crippen LogP contribution is 2.29. The van der Waals surface area contributed by atoms with Gasteiger partial charge in [-0.3, -0.25) is 5.32 Å². The second-order valence-electron chi connectivity index (χ2n) is 6.80. The molecule has 0 saturated carbocycles. The lowest BCUT2D eigenvalue weighted by Gasteiger charge is -2.19. The molecule has 2 rings (SSSR count). The number of rotatable bonds is 5. The second-order valence-corrected chi connectivity index (χ2v) is 6.80. The summed E-state index contributed by atoms with van der Waals surface area (Å²) in [5, 5.41) is 11.6. The predicted octanol–water partition coefficient (Wildman–Crippen LogP) is 4.52. The molecule has 0 aliphatic heterocycles. The van der Waals surface area contributed by atoms with E-state index in [0.29, 0.717) is 29.2 Å². The van der Waals surface area contributed by atoms with Crippen LogP contribution in [0, 0.1) is 11.3 Å². The lowest BCUT2D eigenvalue weighted by Crippen LogP contribution is -2.27. The monoisotopic (exact) mass is 382 g/mol. The predicted molar refractivity (Wildman–Crippen MR) is 104 cm³/mol. The van der Waals surface area contributed by atoms with E-state index < -0.39 is 17.7 Å². The first-order valence-corrected chi connectivity index (χ1v) is 8.71. The van der Waals surface area contributed by atoms with Gasteiger partial charge in [0.25, 0.3) is 0 Å². The first-order valence-electron chi connectivity index (χ1n) is 8.71. The molecule has 0 atom stereocenters. The summed E-state index contributed by atoms with van der Waals surface area (Å²) < 4.78 is 16.0. The normalized spacial score (nSPS) is 10.5. The molecule has 0 aromatic heterocycles. The standard InChI is InChI=1S/C21H22N2O5/c1-5-26-18-12-14(13-22)6-11-17(18)27-19(24)15-7-9-16(10-8-15)23-20(25)28-21(2,3)4/h6-12H,5H2,1-4H3,(H,23,25). The van der Waals surface area contributed by atoms with E-state index in [-0.39, 0.29) is 5.75 Å². The quantitative estimate of drug-likeness (QED) is 0.603. The van der Waals surface area contributed by atoms with Crippen molar-refractivity contribution in [1.29, 1.82) is 5.26 Å². The summed E-state index contributed by atoms with van der Waals surface area (Å²) >= 11 is 0. The van der Waals surface area contributed by atoms with E-state index in [1.807, 2.05) is 6.07 Å². The molecule has 0 fully saturated rings. The lowest BCUT2D eigenvalue weighted by molar-refractivity contribution is 0.0635. The molecule has 0 saturated heterocycles. The molecule has 0 aliphatic rings. The number of ether oxygens (including phenoxy) is 3. The van der Waals surface area contributed by atoms with Gasteiger partial charge in [0.15, 0.2) is 11.5 Å². The van der Waals surface area contributed by atoms with Gasteiger partial charge >= 0.3 is 12.1 Å². The van der Waals surface area contributed by atoms with Crippen molar-refractivity contribution in [3.63, 3.8) is 0 Å². The Morgan fingerprint density at radius 3 is 2.32 bits per heavy atom. The van der Waals surface area contributed by atoms with Crippen LogP contribution in [0.25, 0.3) is 0 Å². The summed E-state index contributed by atoms with van der Waals surface area (Å²) in [6, 6.07) is 12.8. The summed E-state index contributed by atoms with van der Waals surface area (Å²) in [7, 11) is 0. The molecule has 146 valence electrons. The van der Waals surface area contributed by atoms with Crippen LogP contribution in [0.1, 0.15) is 43.6 Å². The van der Waals surface area contributed by atoms with Gasteiger partial charge in [-0.05, 0) is 64.1 Å². The summed E-state index contributed by atoms with van der Waals surface area (Å²) in [5.74, 6) is -0.0469. The van der Waals surface area contributed by atoms with E-state index in [1.165, 1.54) is 24.3 Å². The molecule has 7 nitrogen and oxygen atoms in total. The van der Waals surface area contributed by atoms with Crippen LogP contribution in [-0.4, -0.2) is 24.3 Å². The van der Waals surface area contributed by atoms with Gasteiger partial charge in [0, 0.05) is 11.8 Å². The number of anilines is 1. The number of hydrogen-bond acceptors (Lipinski definition) is 6. The van der Waals surface area contributed by atoms with Crippen molar-refractivity contribution in [3.8, 4) is 17.6 Å². The number of carbonyl (C=O) groups excluding carboxylic acids is 2. The van der Waals surface area contributed by atoms with Gasteiger partial charge in [-0.25, -0.2) is 9.59 Å². The van der Waals surface area contributed by atoms with E-state index in [0.717, 1.165) is 0 Å². The lowest BCUT2D eigenvalue weighted by atomic mass is 10.2. The highest BCUT2D eigenvalue weighted by atomic mass is 16.6. The third-order valence-corrected chi connectivity index (χ3v) is 3.34. The van der Waals surface area contributed by atoms with Crippen molar-refractivity contribution in [1.82, 2.24) is 0 Å². The largest absolute Gasteiger partial charge is 0.490 e. The molecule has 0 aliphatic carbocycles. The van der Waals surface area contributed by atoms with Crippen LogP contribution in [0.2, 0.25) is 0 Å². The van der Waals surface area contributed by atoms with Gasteiger partial charge in [0.2, 0.25) is 0 Å². The summed E-state index contributed by atoms with van der Waals surface area (Å²) in [6.45, 7) is 7.47. The van der Waals surface area contributed by atoms with Gasteiger partial charge in [-0.15, -0.1) is 0 Å². The minimum absolute atomic E-state index is 0.224. The Balaban J connectivity index is 2.07. The molecule has 0 heterocycles. The number of nitriles is 1. The number of amides is 1. The molecule has 0 radical (unpaired) electrons. The SMILES string of the molecule is CCOc1cc(C#N)ccc1OC(=O)c1ccc(NC(=O)OC(C)(C)C)cc1. The zero-order chi connectivity index (χ0) is 20.7. The first kappa shape index (κ1) is 20.8. The maximum atomic E-state index is 12.4. The van der Waals surface area contributed by atoms with Crippen LogP contribution in [-0.2, 0) is 4.74 Å². The Morgan fingerprint density at radius 1 is 1.07 bits per heavy atom. The molecule has 0 unspecified atom stereocenters. The summed E-state index contributed by atoms with van der Waals surface area (Å²) in [4.78, 5) is 24.2. The molecule has 28 heavy (non-hydrogen) atoms. The number of benzene rings is 2. The molecule has 2 aromatic carbocycles. The van der Waals surface area contributed by atoms with E-state index >= 15 is 0 Å². The molecule has 2 aromatic rings. The Hall–Kier alpha value is -3.53. The van der Waals surface area contributed by atoms with Crippen LogP contribution < -0.4 is 14.8 Å². The highest BCUT2D eigenvalue weighted by Gasteiger charge is 2.17. The fourth-order valence-corrected chi connectivity index (χ4v) is 2.20. The highest BCUT2D eigenvalue weighted by molar-refractivity contribution is 5.92. The zero-order valence-corrected chi connectivity index (χ0v) is 16.2. The minimum atomic E-state index is -0.604. The van der Waals surface area contributed by atoms with Crippen LogP contribution in [0.4, 0.5) is 10.5 Å². The van der Waals surface area contributed by atoms with Crippen LogP contribution in [0.5, 0.6) is 11.5 Å². The molecule has 0 bridgehead atoms. The van der Waals surface area contributed by atoms with E-state index in [4.69, 9.17) is 19.5 Å². The van der Waals surface area contributed by atoms with E-state index in [2.05, 4.69) is 5.32 Å². The van der Waals surface area contributed by atoms with Gasteiger partial charge in [0.05, 0.1) is 23.8 Å². The molecule has 7 heteroatoms. The number of nitrogens with zero attached hydrogens (tertiary/aromatic N) is 1. The van der Waals surface area contributed by atoms with Crippen molar-refractivity contribution in [3.05, 3.63) is 53.6 Å². The molecular formula is C21H22N2O5. The maximum Gasteiger partial charge on any atom is 0.412 e. The molecular weight excluding hydrogens is 360 g/mol.